The molecule has 0 radical (unpaired) electrons. The molecule has 5 N–H and O–H groups in total. The van der Waals surface area contributed by atoms with Crippen molar-refractivity contribution in [3.63, 3.8) is 0 Å². The maximum Gasteiger partial charge on any atom is 0.394 e. The molecule has 0 saturated heterocycles. The average molecular weight is 282 g/mol. The first-order chi connectivity index (χ1) is 7.97. The maximum absolute atomic E-state index is 11.4. The molecule has 0 aliphatic carbocycles. The summed E-state index contributed by atoms with van der Waals surface area (Å²) in [6.45, 7) is 7.65. The number of carbonyl (C=O) groups excluding carboxylic acids is 1. The Balaban J connectivity index is 0. The van der Waals surface area contributed by atoms with Crippen LogP contribution in [0.3, 0.4) is 0 Å². The largest absolute Gasteiger partial charge is 0.394 e. The molecule has 0 aromatic heterocycles. The molecule has 18 heavy (non-hydrogen) atoms. The van der Waals surface area contributed by atoms with E-state index in [2.05, 4.69) is 5.32 Å². The Morgan fingerprint density at radius 2 is 1.78 bits per heavy atom. The molecule has 8 heteroatoms. The van der Waals surface area contributed by atoms with Gasteiger partial charge in [-0.2, -0.15) is 8.42 Å². The highest BCUT2D eigenvalue weighted by atomic mass is 32.3. The SMILES string of the molecule is CCC(N)C=C(C)C(=O)NC(C)C.O=S(=O)(O)O. The van der Waals surface area contributed by atoms with Crippen molar-refractivity contribution in [2.24, 2.45) is 5.73 Å². The van der Waals surface area contributed by atoms with Crippen LogP contribution in [0, 0.1) is 0 Å². The molecular weight excluding hydrogens is 260 g/mol. The third-order valence-corrected chi connectivity index (χ3v) is 1.71. The van der Waals surface area contributed by atoms with Crippen LogP contribution in [0.5, 0.6) is 0 Å². The van der Waals surface area contributed by atoms with E-state index in [1.807, 2.05) is 20.8 Å². The minimum absolute atomic E-state index is 0.0158. The van der Waals surface area contributed by atoms with E-state index >= 15 is 0 Å². The monoisotopic (exact) mass is 282 g/mol. The van der Waals surface area contributed by atoms with Crippen molar-refractivity contribution in [3.05, 3.63) is 11.6 Å². The standard InChI is InChI=1S/C10H20N2O.H2O4S/c1-5-9(11)6-8(4)10(13)12-7(2)3;1-5(2,3)4/h6-7,9H,5,11H2,1-4H3,(H,12,13);(H2,1,2,3,4). The minimum atomic E-state index is -4.67. The van der Waals surface area contributed by atoms with Gasteiger partial charge in [0.05, 0.1) is 0 Å². The molecule has 0 saturated carbocycles. The number of rotatable bonds is 4. The van der Waals surface area contributed by atoms with Crippen molar-refractivity contribution in [3.8, 4) is 0 Å². The Labute approximate surface area is 108 Å². The highest BCUT2D eigenvalue weighted by Crippen LogP contribution is 1.98. The van der Waals surface area contributed by atoms with Gasteiger partial charge < -0.3 is 11.1 Å². The lowest BCUT2D eigenvalue weighted by atomic mass is 10.1. The summed E-state index contributed by atoms with van der Waals surface area (Å²) in [7, 11) is -4.67. The zero-order chi connectivity index (χ0) is 14.9. The fraction of sp³-hybridized carbons (Fsp3) is 0.700. The van der Waals surface area contributed by atoms with Crippen LogP contribution in [-0.2, 0) is 15.2 Å². The van der Waals surface area contributed by atoms with Crippen LogP contribution < -0.4 is 11.1 Å². The lowest BCUT2D eigenvalue weighted by molar-refractivity contribution is -0.117. The Morgan fingerprint density at radius 1 is 1.39 bits per heavy atom. The van der Waals surface area contributed by atoms with E-state index in [9.17, 15) is 4.79 Å². The molecule has 0 aliphatic rings. The first-order valence-electron chi connectivity index (χ1n) is 5.42. The molecule has 0 spiro atoms. The van der Waals surface area contributed by atoms with Crippen LogP contribution >= 0.6 is 0 Å². The van der Waals surface area contributed by atoms with Gasteiger partial charge >= 0.3 is 10.4 Å². The third-order valence-electron chi connectivity index (χ3n) is 1.71. The van der Waals surface area contributed by atoms with Gasteiger partial charge in [-0.15, -0.1) is 0 Å². The first-order valence-corrected chi connectivity index (χ1v) is 6.81. The lowest BCUT2D eigenvalue weighted by Gasteiger charge is -2.09. The average Bonchev–Trinajstić information content (AvgIpc) is 2.13. The molecule has 108 valence electrons. The molecule has 7 nitrogen and oxygen atoms in total. The fourth-order valence-corrected chi connectivity index (χ4v) is 0.891. The predicted molar refractivity (Wildman–Crippen MR) is 69.5 cm³/mol. The van der Waals surface area contributed by atoms with Gasteiger partial charge in [0.15, 0.2) is 0 Å². The summed E-state index contributed by atoms with van der Waals surface area (Å²) in [6, 6.07) is 0.159. The molecule has 1 amide bonds. The summed E-state index contributed by atoms with van der Waals surface area (Å²) in [4.78, 5) is 11.4. The first kappa shape index (κ1) is 19.4. The van der Waals surface area contributed by atoms with E-state index in [0.29, 0.717) is 5.57 Å². The molecule has 1 unspecified atom stereocenters. The van der Waals surface area contributed by atoms with Crippen molar-refractivity contribution in [1.82, 2.24) is 5.32 Å². The molecule has 0 fully saturated rings. The van der Waals surface area contributed by atoms with E-state index in [1.165, 1.54) is 0 Å². The van der Waals surface area contributed by atoms with Crippen molar-refractivity contribution >= 4 is 16.3 Å². The summed E-state index contributed by atoms with van der Waals surface area (Å²) in [6.07, 6.45) is 2.66. The van der Waals surface area contributed by atoms with Gasteiger partial charge in [0.25, 0.3) is 0 Å². The van der Waals surface area contributed by atoms with E-state index in [0.717, 1.165) is 6.42 Å². The number of amides is 1. The van der Waals surface area contributed by atoms with Gasteiger partial charge in [-0.05, 0) is 27.2 Å². The number of carbonyl (C=O) groups is 1. The van der Waals surface area contributed by atoms with Crippen molar-refractivity contribution in [2.45, 2.75) is 46.2 Å². The van der Waals surface area contributed by atoms with E-state index in [4.69, 9.17) is 23.3 Å². The summed E-state index contributed by atoms with van der Waals surface area (Å²) in [5.74, 6) is -0.0288. The summed E-state index contributed by atoms with van der Waals surface area (Å²) in [5, 5.41) is 2.81. The molecule has 0 aliphatic heterocycles. The Morgan fingerprint density at radius 3 is 2.06 bits per heavy atom. The zero-order valence-corrected chi connectivity index (χ0v) is 11.9. The van der Waals surface area contributed by atoms with Crippen molar-refractivity contribution in [2.75, 3.05) is 0 Å². The second-order valence-corrected chi connectivity index (χ2v) is 4.89. The molecule has 0 aromatic rings. The van der Waals surface area contributed by atoms with Crippen molar-refractivity contribution < 1.29 is 22.3 Å². The van der Waals surface area contributed by atoms with Gasteiger partial charge in [-0.3, -0.25) is 13.9 Å². The van der Waals surface area contributed by atoms with E-state index < -0.39 is 10.4 Å². The van der Waals surface area contributed by atoms with E-state index in [-0.39, 0.29) is 18.0 Å². The molecular formula is C10H22N2O5S. The molecule has 0 rings (SSSR count). The zero-order valence-electron chi connectivity index (χ0n) is 11.0. The second-order valence-electron chi connectivity index (χ2n) is 4.00. The Hall–Kier alpha value is -0.960. The highest BCUT2D eigenvalue weighted by molar-refractivity contribution is 7.79. The van der Waals surface area contributed by atoms with E-state index in [1.54, 1.807) is 13.0 Å². The van der Waals surface area contributed by atoms with Gasteiger partial charge in [0.1, 0.15) is 0 Å². The predicted octanol–water partition coefficient (Wildman–Crippen LogP) is 0.542. The maximum atomic E-state index is 11.4. The second kappa shape index (κ2) is 9.03. The number of hydrogen-bond acceptors (Lipinski definition) is 4. The van der Waals surface area contributed by atoms with Crippen LogP contribution in [0.25, 0.3) is 0 Å². The lowest BCUT2D eigenvalue weighted by Crippen LogP contribution is -2.31. The van der Waals surface area contributed by atoms with Crippen LogP contribution in [-0.4, -0.2) is 35.5 Å². The van der Waals surface area contributed by atoms with Gasteiger partial charge in [-0.25, -0.2) is 0 Å². The summed E-state index contributed by atoms with van der Waals surface area (Å²) in [5.41, 5.74) is 6.38. The fourth-order valence-electron chi connectivity index (χ4n) is 0.891. The summed E-state index contributed by atoms with van der Waals surface area (Å²) < 4.78 is 31.6. The normalized spacial score (nSPS) is 13.7. The number of nitrogens with two attached hydrogens (primary N) is 1. The van der Waals surface area contributed by atoms with Crippen molar-refractivity contribution in [1.29, 1.82) is 0 Å². The van der Waals surface area contributed by atoms with Crippen LogP contribution in [0.15, 0.2) is 11.6 Å². The van der Waals surface area contributed by atoms with Gasteiger partial charge in [-0.1, -0.05) is 13.0 Å². The minimum Gasteiger partial charge on any atom is -0.350 e. The molecule has 0 bridgehead atoms. The smallest absolute Gasteiger partial charge is 0.350 e. The Kier molecular flexibility index (Phi) is 9.73. The topological polar surface area (TPSA) is 130 Å². The molecule has 0 aromatic carbocycles. The number of hydrogen-bond donors (Lipinski definition) is 4. The molecule has 1 atom stereocenters. The highest BCUT2D eigenvalue weighted by Gasteiger charge is 2.06. The van der Waals surface area contributed by atoms with Gasteiger partial charge in [0.2, 0.25) is 5.91 Å². The Bertz CT molecular complexity index is 368. The molecule has 0 heterocycles. The van der Waals surface area contributed by atoms with Crippen LogP contribution in [0.4, 0.5) is 0 Å². The third kappa shape index (κ3) is 17.4. The quantitative estimate of drug-likeness (QED) is 0.440. The van der Waals surface area contributed by atoms with Crippen LogP contribution in [0.1, 0.15) is 34.1 Å². The number of nitrogens with one attached hydrogen (secondary N) is 1. The summed E-state index contributed by atoms with van der Waals surface area (Å²) >= 11 is 0. The van der Waals surface area contributed by atoms with Crippen LogP contribution in [0.2, 0.25) is 0 Å². The van der Waals surface area contributed by atoms with Gasteiger partial charge in [0, 0.05) is 17.7 Å².